The van der Waals surface area contributed by atoms with E-state index in [0.29, 0.717) is 11.3 Å². The van der Waals surface area contributed by atoms with Crippen molar-refractivity contribution in [2.75, 3.05) is 19.8 Å². The molecule has 0 aromatic carbocycles. The second kappa shape index (κ2) is 6.61. The second-order valence-corrected chi connectivity index (χ2v) is 6.04. The minimum absolute atomic E-state index is 0.416. The summed E-state index contributed by atoms with van der Waals surface area (Å²) < 4.78 is 5.69. The summed E-state index contributed by atoms with van der Waals surface area (Å²) in [6.07, 6.45) is 5.17. The van der Waals surface area contributed by atoms with Crippen LogP contribution >= 0.6 is 0 Å². The fourth-order valence-electron chi connectivity index (χ4n) is 1.71. The average Bonchev–Trinajstić information content (AvgIpc) is 3.05. The van der Waals surface area contributed by atoms with Crippen LogP contribution in [0.25, 0.3) is 0 Å². The zero-order chi connectivity index (χ0) is 12.0. The highest BCUT2D eigenvalue weighted by atomic mass is 16.5. The number of hydrogen-bond acceptors (Lipinski definition) is 2. The lowest BCUT2D eigenvalue weighted by Crippen LogP contribution is -2.33. The van der Waals surface area contributed by atoms with Crippen molar-refractivity contribution in [2.24, 2.45) is 11.3 Å². The third kappa shape index (κ3) is 5.86. The third-order valence-corrected chi connectivity index (χ3v) is 3.55. The van der Waals surface area contributed by atoms with Crippen molar-refractivity contribution in [1.29, 1.82) is 0 Å². The maximum Gasteiger partial charge on any atom is 0.0488 e. The first-order chi connectivity index (χ1) is 7.56. The fraction of sp³-hybridized carbons (Fsp3) is 1.00. The van der Waals surface area contributed by atoms with Gasteiger partial charge in [-0.3, -0.25) is 0 Å². The molecule has 16 heavy (non-hydrogen) atoms. The second-order valence-electron chi connectivity index (χ2n) is 6.04. The summed E-state index contributed by atoms with van der Waals surface area (Å²) in [5.74, 6) is 0.650. The van der Waals surface area contributed by atoms with Gasteiger partial charge in [0.1, 0.15) is 0 Å². The Morgan fingerprint density at radius 3 is 2.56 bits per heavy atom. The molecule has 0 aromatic rings. The molecule has 1 unspecified atom stereocenters. The zero-order valence-corrected chi connectivity index (χ0v) is 11.5. The van der Waals surface area contributed by atoms with Crippen LogP contribution in [-0.2, 0) is 4.74 Å². The SMILES string of the molecule is CCC(C)(CCOCC(C)C)CNC1CC1. The molecule has 2 nitrogen and oxygen atoms in total. The van der Waals surface area contributed by atoms with Gasteiger partial charge < -0.3 is 10.1 Å². The third-order valence-electron chi connectivity index (χ3n) is 3.55. The molecule has 1 saturated carbocycles. The lowest BCUT2D eigenvalue weighted by Gasteiger charge is -2.28. The van der Waals surface area contributed by atoms with Crippen molar-refractivity contribution < 1.29 is 4.74 Å². The van der Waals surface area contributed by atoms with E-state index in [2.05, 4.69) is 33.0 Å². The molecule has 96 valence electrons. The van der Waals surface area contributed by atoms with Crippen molar-refractivity contribution in [1.82, 2.24) is 5.32 Å². The number of hydrogen-bond donors (Lipinski definition) is 1. The van der Waals surface area contributed by atoms with Crippen LogP contribution in [0.2, 0.25) is 0 Å². The summed E-state index contributed by atoms with van der Waals surface area (Å²) in [5, 5.41) is 3.64. The molecule has 2 heteroatoms. The molecule has 0 aromatic heterocycles. The fourth-order valence-corrected chi connectivity index (χ4v) is 1.71. The predicted molar refractivity (Wildman–Crippen MR) is 69.7 cm³/mol. The van der Waals surface area contributed by atoms with Gasteiger partial charge in [-0.25, -0.2) is 0 Å². The number of rotatable bonds is 9. The summed E-state index contributed by atoms with van der Waals surface area (Å²) in [5.41, 5.74) is 0.416. The van der Waals surface area contributed by atoms with Gasteiger partial charge >= 0.3 is 0 Å². The van der Waals surface area contributed by atoms with Crippen LogP contribution in [0.3, 0.4) is 0 Å². The summed E-state index contributed by atoms with van der Waals surface area (Å²) in [7, 11) is 0. The van der Waals surface area contributed by atoms with Gasteiger partial charge in [-0.1, -0.05) is 27.7 Å². The Hall–Kier alpha value is -0.0800. The van der Waals surface area contributed by atoms with E-state index in [0.717, 1.165) is 25.8 Å². The summed E-state index contributed by atoms with van der Waals surface area (Å²) >= 11 is 0. The molecule has 0 heterocycles. The van der Waals surface area contributed by atoms with Gasteiger partial charge in [0.15, 0.2) is 0 Å². The van der Waals surface area contributed by atoms with Crippen molar-refractivity contribution in [2.45, 2.75) is 59.4 Å². The Bertz CT molecular complexity index is 189. The lowest BCUT2D eigenvalue weighted by molar-refractivity contribution is 0.0788. The monoisotopic (exact) mass is 227 g/mol. The molecule has 1 fully saturated rings. The maximum absolute atomic E-state index is 5.69. The van der Waals surface area contributed by atoms with Crippen LogP contribution in [0.5, 0.6) is 0 Å². The summed E-state index contributed by atoms with van der Waals surface area (Å²) in [6.45, 7) is 12.0. The van der Waals surface area contributed by atoms with Crippen LogP contribution in [0.1, 0.15) is 53.4 Å². The largest absolute Gasteiger partial charge is 0.381 e. The topological polar surface area (TPSA) is 21.3 Å². The number of nitrogens with one attached hydrogen (secondary N) is 1. The van der Waals surface area contributed by atoms with Crippen LogP contribution in [0.4, 0.5) is 0 Å². The van der Waals surface area contributed by atoms with Gasteiger partial charge in [-0.15, -0.1) is 0 Å². The standard InChI is InChI=1S/C14H29NO/c1-5-14(4,11-15-13-6-7-13)8-9-16-10-12(2)3/h12-13,15H,5-11H2,1-4H3. The minimum Gasteiger partial charge on any atom is -0.381 e. The Kier molecular flexibility index (Phi) is 5.77. The van der Waals surface area contributed by atoms with Crippen molar-refractivity contribution in [3.63, 3.8) is 0 Å². The van der Waals surface area contributed by atoms with Gasteiger partial charge in [0, 0.05) is 25.8 Å². The van der Waals surface area contributed by atoms with Gasteiger partial charge in [0.2, 0.25) is 0 Å². The van der Waals surface area contributed by atoms with Gasteiger partial charge in [0.05, 0.1) is 0 Å². The minimum atomic E-state index is 0.416. The van der Waals surface area contributed by atoms with E-state index in [9.17, 15) is 0 Å². The smallest absolute Gasteiger partial charge is 0.0488 e. The Balaban J connectivity index is 2.12. The molecule has 1 aliphatic carbocycles. The first-order valence-corrected chi connectivity index (χ1v) is 6.87. The Labute approximate surface area is 101 Å². The molecule has 0 saturated heterocycles. The molecule has 1 atom stereocenters. The molecule has 0 aliphatic heterocycles. The van der Waals surface area contributed by atoms with E-state index < -0.39 is 0 Å². The average molecular weight is 227 g/mol. The van der Waals surface area contributed by atoms with Crippen LogP contribution in [0.15, 0.2) is 0 Å². The van der Waals surface area contributed by atoms with E-state index >= 15 is 0 Å². The van der Waals surface area contributed by atoms with Gasteiger partial charge in [-0.05, 0) is 37.0 Å². The van der Waals surface area contributed by atoms with Gasteiger partial charge in [0.25, 0.3) is 0 Å². The molecule has 0 spiro atoms. The van der Waals surface area contributed by atoms with E-state index in [4.69, 9.17) is 4.74 Å². The predicted octanol–water partition coefficient (Wildman–Crippen LogP) is 3.22. The van der Waals surface area contributed by atoms with Gasteiger partial charge in [-0.2, -0.15) is 0 Å². The van der Waals surface area contributed by atoms with E-state index in [-0.39, 0.29) is 0 Å². The molecule has 0 amide bonds. The molecule has 0 bridgehead atoms. The molecular formula is C14H29NO. The normalized spacial score (nSPS) is 20.1. The maximum atomic E-state index is 5.69. The molecular weight excluding hydrogens is 198 g/mol. The highest BCUT2D eigenvalue weighted by Gasteiger charge is 2.27. The highest BCUT2D eigenvalue weighted by Crippen LogP contribution is 2.27. The summed E-state index contributed by atoms with van der Waals surface area (Å²) in [4.78, 5) is 0. The number of ether oxygens (including phenoxy) is 1. The highest BCUT2D eigenvalue weighted by molar-refractivity contribution is 4.85. The molecule has 1 N–H and O–H groups in total. The van der Waals surface area contributed by atoms with E-state index in [1.165, 1.54) is 25.7 Å². The molecule has 0 radical (unpaired) electrons. The molecule has 1 aliphatic rings. The Morgan fingerprint density at radius 2 is 2.06 bits per heavy atom. The molecule has 1 rings (SSSR count). The van der Waals surface area contributed by atoms with E-state index in [1.807, 2.05) is 0 Å². The van der Waals surface area contributed by atoms with Crippen molar-refractivity contribution >= 4 is 0 Å². The summed E-state index contributed by atoms with van der Waals surface area (Å²) in [6, 6.07) is 0.822. The van der Waals surface area contributed by atoms with Crippen LogP contribution in [-0.4, -0.2) is 25.8 Å². The Morgan fingerprint density at radius 1 is 1.38 bits per heavy atom. The quantitative estimate of drug-likeness (QED) is 0.611. The first kappa shape index (κ1) is 14.0. The first-order valence-electron chi connectivity index (χ1n) is 6.87. The van der Waals surface area contributed by atoms with E-state index in [1.54, 1.807) is 0 Å². The van der Waals surface area contributed by atoms with Crippen molar-refractivity contribution in [3.05, 3.63) is 0 Å². The lowest BCUT2D eigenvalue weighted by atomic mass is 9.84. The van der Waals surface area contributed by atoms with Crippen molar-refractivity contribution in [3.8, 4) is 0 Å². The van der Waals surface area contributed by atoms with Crippen LogP contribution in [0, 0.1) is 11.3 Å². The van der Waals surface area contributed by atoms with Crippen LogP contribution < -0.4 is 5.32 Å². The zero-order valence-electron chi connectivity index (χ0n) is 11.5.